The van der Waals surface area contributed by atoms with Gasteiger partial charge >= 0.3 is 5.97 Å². The Labute approximate surface area is 109 Å². The van der Waals surface area contributed by atoms with Gasteiger partial charge in [0.05, 0.1) is 6.04 Å². The average molecular weight is 282 g/mol. The molecule has 0 aromatic rings. The first-order valence-electron chi connectivity index (χ1n) is 5.31. The van der Waals surface area contributed by atoms with Crippen LogP contribution in [-0.2, 0) is 28.5 Å². The molecule has 0 spiro atoms. The van der Waals surface area contributed by atoms with Crippen LogP contribution in [0.3, 0.4) is 0 Å². The lowest BCUT2D eigenvalue weighted by molar-refractivity contribution is -0.192. The van der Waals surface area contributed by atoms with Gasteiger partial charge in [0, 0.05) is 14.0 Å². The molecule has 1 saturated heterocycles. The largest absolute Gasteiger partial charge is 0.463 e. The van der Waals surface area contributed by atoms with Gasteiger partial charge in [0.25, 0.3) is 6.47 Å². The van der Waals surface area contributed by atoms with Crippen molar-refractivity contribution in [1.29, 1.82) is 0 Å². The van der Waals surface area contributed by atoms with Crippen molar-refractivity contribution in [2.75, 3.05) is 13.7 Å². The Balaban J connectivity index is 2.74. The monoisotopic (exact) mass is 281 g/mol. The van der Waals surface area contributed by atoms with E-state index in [-0.39, 0.29) is 13.1 Å². The second kappa shape index (κ2) is 6.89. The average Bonchev–Trinajstić information content (AvgIpc) is 2.31. The molecule has 8 heteroatoms. The zero-order valence-electron chi connectivity index (χ0n) is 10.1. The highest BCUT2D eigenvalue weighted by Gasteiger charge is 2.45. The van der Waals surface area contributed by atoms with E-state index in [4.69, 9.17) is 36.3 Å². The van der Waals surface area contributed by atoms with Gasteiger partial charge in [0.1, 0.15) is 24.9 Å². The summed E-state index contributed by atoms with van der Waals surface area (Å²) in [5.41, 5.74) is 5.08. The van der Waals surface area contributed by atoms with E-state index in [9.17, 15) is 9.59 Å². The summed E-state index contributed by atoms with van der Waals surface area (Å²) < 4.78 is 20.1. The third-order valence-electron chi connectivity index (χ3n) is 2.62. The third kappa shape index (κ3) is 3.55. The Morgan fingerprint density at radius 2 is 2.17 bits per heavy atom. The van der Waals surface area contributed by atoms with Crippen molar-refractivity contribution in [3.05, 3.63) is 0 Å². The first-order chi connectivity index (χ1) is 8.51. The first kappa shape index (κ1) is 15.2. The van der Waals surface area contributed by atoms with Crippen molar-refractivity contribution in [2.24, 2.45) is 5.73 Å². The maximum absolute atomic E-state index is 10.8. The van der Waals surface area contributed by atoms with E-state index >= 15 is 0 Å². The highest BCUT2D eigenvalue weighted by Crippen LogP contribution is 2.26. The Kier molecular flexibility index (Phi) is 5.80. The van der Waals surface area contributed by atoms with E-state index in [0.717, 1.165) is 0 Å². The fourth-order valence-electron chi connectivity index (χ4n) is 1.77. The second-order valence-corrected chi connectivity index (χ2v) is 4.23. The van der Waals surface area contributed by atoms with Crippen LogP contribution in [0.1, 0.15) is 6.92 Å². The Hall–Kier alpha value is -0.890. The molecular weight excluding hydrogens is 266 g/mol. The number of carbonyl (C=O) groups excluding carboxylic acids is 2. The van der Waals surface area contributed by atoms with Gasteiger partial charge in [-0.1, -0.05) is 11.6 Å². The van der Waals surface area contributed by atoms with Crippen LogP contribution in [0.4, 0.5) is 0 Å². The number of halogens is 1. The normalized spacial score (nSPS) is 35.9. The van der Waals surface area contributed by atoms with Crippen molar-refractivity contribution in [1.82, 2.24) is 0 Å². The molecule has 0 saturated carbocycles. The lowest BCUT2D eigenvalue weighted by Gasteiger charge is -2.41. The van der Waals surface area contributed by atoms with Crippen LogP contribution < -0.4 is 5.73 Å². The topological polar surface area (TPSA) is 97.1 Å². The number of carbonyl (C=O) groups is 2. The summed E-state index contributed by atoms with van der Waals surface area (Å²) in [6.07, 6.45) is -2.13. The maximum atomic E-state index is 10.8. The summed E-state index contributed by atoms with van der Waals surface area (Å²) in [6, 6.07) is -0.669. The Bertz CT molecular complexity index is 302. The molecule has 104 valence electrons. The zero-order chi connectivity index (χ0) is 13.7. The van der Waals surface area contributed by atoms with Crippen molar-refractivity contribution < 1.29 is 28.5 Å². The zero-order valence-corrected chi connectivity index (χ0v) is 10.8. The molecule has 7 nitrogen and oxygen atoms in total. The van der Waals surface area contributed by atoms with Crippen LogP contribution in [0.25, 0.3) is 0 Å². The van der Waals surface area contributed by atoms with Gasteiger partial charge in [0.2, 0.25) is 0 Å². The van der Waals surface area contributed by atoms with Gasteiger partial charge in [-0.25, -0.2) is 0 Å². The third-order valence-corrected chi connectivity index (χ3v) is 2.98. The lowest BCUT2D eigenvalue weighted by Crippen LogP contribution is -2.62. The quantitative estimate of drug-likeness (QED) is 0.408. The van der Waals surface area contributed by atoms with Crippen LogP contribution in [0, 0.1) is 0 Å². The minimum Gasteiger partial charge on any atom is -0.463 e. The number of hydrogen-bond donors (Lipinski definition) is 1. The van der Waals surface area contributed by atoms with Crippen LogP contribution in [0.5, 0.6) is 0 Å². The molecule has 0 aliphatic carbocycles. The molecule has 1 heterocycles. The molecule has 0 amide bonds. The number of ether oxygens (including phenoxy) is 4. The molecule has 5 atom stereocenters. The Morgan fingerprint density at radius 1 is 1.50 bits per heavy atom. The van der Waals surface area contributed by atoms with E-state index in [1.807, 2.05) is 0 Å². The summed E-state index contributed by atoms with van der Waals surface area (Å²) in [6.45, 7) is 1.42. The SMILES string of the molecule is COC1C(Cl)OC(COC(C)=O)C(OC=O)C1N. The molecule has 0 bridgehead atoms. The van der Waals surface area contributed by atoms with Gasteiger partial charge < -0.3 is 24.7 Å². The van der Waals surface area contributed by atoms with E-state index in [2.05, 4.69) is 0 Å². The smallest absolute Gasteiger partial charge is 0.302 e. The Morgan fingerprint density at radius 3 is 2.67 bits per heavy atom. The lowest BCUT2D eigenvalue weighted by atomic mass is 9.98. The molecule has 0 aromatic heterocycles. The van der Waals surface area contributed by atoms with Crippen LogP contribution >= 0.6 is 11.6 Å². The molecule has 18 heavy (non-hydrogen) atoms. The summed E-state index contributed by atoms with van der Waals surface area (Å²) in [7, 11) is 1.42. The van der Waals surface area contributed by atoms with E-state index in [1.165, 1.54) is 14.0 Å². The number of nitrogens with two attached hydrogens (primary N) is 1. The summed E-state index contributed by atoms with van der Waals surface area (Å²) >= 11 is 5.94. The maximum Gasteiger partial charge on any atom is 0.302 e. The number of rotatable bonds is 5. The summed E-state index contributed by atoms with van der Waals surface area (Å²) in [5.74, 6) is -0.475. The molecule has 1 fully saturated rings. The molecule has 1 rings (SSSR count). The van der Waals surface area contributed by atoms with E-state index < -0.39 is 35.9 Å². The van der Waals surface area contributed by atoms with Crippen LogP contribution in [0.2, 0.25) is 0 Å². The van der Waals surface area contributed by atoms with Crippen molar-refractivity contribution in [3.8, 4) is 0 Å². The molecule has 1 aliphatic heterocycles. The van der Waals surface area contributed by atoms with Crippen LogP contribution in [-0.4, -0.2) is 56.1 Å². The van der Waals surface area contributed by atoms with Gasteiger partial charge in [-0.15, -0.1) is 0 Å². The van der Waals surface area contributed by atoms with Crippen LogP contribution in [0.15, 0.2) is 0 Å². The molecule has 5 unspecified atom stereocenters. The predicted octanol–water partition coefficient (Wildman–Crippen LogP) is -0.603. The molecular formula is C10H16ClNO6. The summed E-state index contributed by atoms with van der Waals surface area (Å²) in [4.78, 5) is 21.2. The number of alkyl halides is 1. The molecule has 0 aromatic carbocycles. The van der Waals surface area contributed by atoms with Crippen molar-refractivity contribution in [2.45, 2.75) is 36.8 Å². The molecule has 2 N–H and O–H groups in total. The highest BCUT2D eigenvalue weighted by atomic mass is 35.5. The van der Waals surface area contributed by atoms with E-state index in [1.54, 1.807) is 0 Å². The molecule has 1 aliphatic rings. The number of methoxy groups -OCH3 is 1. The minimum absolute atomic E-state index is 0.0960. The van der Waals surface area contributed by atoms with Crippen molar-refractivity contribution >= 4 is 24.0 Å². The van der Waals surface area contributed by atoms with Gasteiger partial charge in [0.15, 0.2) is 5.56 Å². The summed E-state index contributed by atoms with van der Waals surface area (Å²) in [5, 5.41) is 0. The first-order valence-corrected chi connectivity index (χ1v) is 5.75. The number of hydrogen-bond acceptors (Lipinski definition) is 7. The van der Waals surface area contributed by atoms with Gasteiger partial charge in [-0.2, -0.15) is 0 Å². The molecule has 0 radical (unpaired) electrons. The highest BCUT2D eigenvalue weighted by molar-refractivity contribution is 6.20. The standard InChI is InChI=1S/C10H16ClNO6/c1-5(14)16-3-6-8(17-4-13)7(12)9(15-2)10(11)18-6/h4,6-10H,3,12H2,1-2H3. The fraction of sp³-hybridized carbons (Fsp3) is 0.800. The fourth-order valence-corrected chi connectivity index (χ4v) is 2.17. The van der Waals surface area contributed by atoms with Gasteiger partial charge in [-0.3, -0.25) is 9.59 Å². The van der Waals surface area contributed by atoms with E-state index in [0.29, 0.717) is 0 Å². The second-order valence-electron chi connectivity index (χ2n) is 3.80. The predicted molar refractivity (Wildman–Crippen MR) is 60.9 cm³/mol. The minimum atomic E-state index is -0.808. The van der Waals surface area contributed by atoms with Gasteiger partial charge in [-0.05, 0) is 0 Å². The number of esters is 1. The van der Waals surface area contributed by atoms with Crippen molar-refractivity contribution in [3.63, 3.8) is 0 Å².